The molecule has 1 N–H and O–H groups in total. The Morgan fingerprint density at radius 3 is 2.61 bits per heavy atom. The van der Waals surface area contributed by atoms with Crippen LogP contribution < -0.4 is 5.32 Å². The highest BCUT2D eigenvalue weighted by molar-refractivity contribution is 7.89. The van der Waals surface area contributed by atoms with Gasteiger partial charge in [0, 0.05) is 32.7 Å². The molecule has 0 aliphatic carbocycles. The first-order valence-electron chi connectivity index (χ1n) is 9.80. The summed E-state index contributed by atoms with van der Waals surface area (Å²) in [6.45, 7) is 5.39. The molecule has 2 heterocycles. The van der Waals surface area contributed by atoms with E-state index < -0.39 is 15.8 Å². The largest absolute Gasteiger partial charge is 0.379 e. The first-order chi connectivity index (χ1) is 13.5. The smallest absolute Gasteiger partial charge is 0.243 e. The average Bonchev–Trinajstić information content (AvgIpc) is 2.72. The Bertz CT molecular complexity index is 751. The molecule has 2 aliphatic rings. The maximum Gasteiger partial charge on any atom is 0.243 e. The Morgan fingerprint density at radius 1 is 1.18 bits per heavy atom. The Labute approximate surface area is 165 Å². The Hall–Kier alpha value is -1.55. The van der Waals surface area contributed by atoms with Crippen LogP contribution in [0.5, 0.6) is 0 Å². The zero-order valence-electron chi connectivity index (χ0n) is 16.0. The van der Waals surface area contributed by atoms with Gasteiger partial charge in [-0.05, 0) is 50.1 Å². The summed E-state index contributed by atoms with van der Waals surface area (Å²) in [6, 6.07) is 4.80. The molecule has 0 radical (unpaired) electrons. The normalized spacial score (nSPS) is 22.1. The van der Waals surface area contributed by atoms with Crippen molar-refractivity contribution in [2.75, 3.05) is 52.5 Å². The number of ether oxygens (including phenoxy) is 1. The molecule has 1 amide bonds. The van der Waals surface area contributed by atoms with Gasteiger partial charge in [-0.3, -0.25) is 9.69 Å². The molecule has 1 aromatic rings. The maximum absolute atomic E-state index is 13.1. The number of halogens is 1. The molecule has 0 saturated carbocycles. The lowest BCUT2D eigenvalue weighted by molar-refractivity contribution is -0.126. The third kappa shape index (κ3) is 5.50. The number of morpholine rings is 1. The van der Waals surface area contributed by atoms with Crippen LogP contribution >= 0.6 is 0 Å². The summed E-state index contributed by atoms with van der Waals surface area (Å²) in [6.07, 6.45) is 2.16. The van der Waals surface area contributed by atoms with Crippen molar-refractivity contribution in [2.24, 2.45) is 5.92 Å². The lowest BCUT2D eigenvalue weighted by Gasteiger charge is -2.31. The van der Waals surface area contributed by atoms with E-state index >= 15 is 0 Å². The molecule has 3 rings (SSSR count). The molecule has 0 unspecified atom stereocenters. The number of benzene rings is 1. The number of carbonyl (C=O) groups is 1. The van der Waals surface area contributed by atoms with Crippen LogP contribution in [0.15, 0.2) is 29.2 Å². The second-order valence-electron chi connectivity index (χ2n) is 7.25. The fourth-order valence-electron chi connectivity index (χ4n) is 3.61. The summed E-state index contributed by atoms with van der Waals surface area (Å²) in [5.41, 5.74) is 0. The van der Waals surface area contributed by atoms with E-state index in [0.29, 0.717) is 25.9 Å². The molecule has 156 valence electrons. The van der Waals surface area contributed by atoms with Gasteiger partial charge in [0.15, 0.2) is 0 Å². The number of nitrogens with one attached hydrogen (secondary N) is 1. The number of rotatable bonds is 7. The number of sulfonamides is 1. The van der Waals surface area contributed by atoms with E-state index in [9.17, 15) is 17.6 Å². The molecule has 7 nitrogen and oxygen atoms in total. The lowest BCUT2D eigenvalue weighted by Crippen LogP contribution is -2.45. The van der Waals surface area contributed by atoms with Gasteiger partial charge in [0.25, 0.3) is 0 Å². The van der Waals surface area contributed by atoms with Crippen LogP contribution in [-0.2, 0) is 19.6 Å². The van der Waals surface area contributed by atoms with Crippen LogP contribution in [0.25, 0.3) is 0 Å². The summed E-state index contributed by atoms with van der Waals surface area (Å²) < 4.78 is 45.2. The summed E-state index contributed by atoms with van der Waals surface area (Å²) in [5, 5.41) is 2.94. The van der Waals surface area contributed by atoms with Gasteiger partial charge in [-0.15, -0.1) is 0 Å². The van der Waals surface area contributed by atoms with Gasteiger partial charge >= 0.3 is 0 Å². The zero-order valence-corrected chi connectivity index (χ0v) is 16.8. The first kappa shape index (κ1) is 21.2. The average molecular weight is 414 g/mol. The molecule has 2 fully saturated rings. The Kier molecular flexibility index (Phi) is 7.39. The molecule has 0 bridgehead atoms. The predicted molar refractivity (Wildman–Crippen MR) is 103 cm³/mol. The van der Waals surface area contributed by atoms with Crippen molar-refractivity contribution < 1.29 is 22.3 Å². The second kappa shape index (κ2) is 9.78. The minimum absolute atomic E-state index is 0.0560. The van der Waals surface area contributed by atoms with Crippen molar-refractivity contribution in [3.05, 3.63) is 30.1 Å². The number of nitrogens with zero attached hydrogens (tertiary/aromatic N) is 2. The minimum atomic E-state index is -3.72. The van der Waals surface area contributed by atoms with Crippen LogP contribution in [0, 0.1) is 11.7 Å². The van der Waals surface area contributed by atoms with Gasteiger partial charge in [-0.25, -0.2) is 12.8 Å². The molecular formula is C19H28FN3O4S. The molecule has 1 atom stereocenters. The SMILES string of the molecule is O=C(NCCCN1CCOCC1)[C@@H]1CCCN(S(=O)(=O)c2ccc(F)cc2)C1. The topological polar surface area (TPSA) is 79.0 Å². The van der Waals surface area contributed by atoms with Crippen molar-refractivity contribution in [2.45, 2.75) is 24.2 Å². The van der Waals surface area contributed by atoms with Crippen LogP contribution in [0.2, 0.25) is 0 Å². The van der Waals surface area contributed by atoms with E-state index in [1.165, 1.54) is 16.4 Å². The third-order valence-corrected chi connectivity index (χ3v) is 7.14. The van der Waals surface area contributed by atoms with E-state index in [-0.39, 0.29) is 23.3 Å². The highest BCUT2D eigenvalue weighted by Gasteiger charge is 2.33. The van der Waals surface area contributed by atoms with Crippen molar-refractivity contribution in [3.63, 3.8) is 0 Å². The molecule has 9 heteroatoms. The van der Waals surface area contributed by atoms with Crippen LogP contribution in [0.1, 0.15) is 19.3 Å². The molecule has 2 aliphatic heterocycles. The lowest BCUT2D eigenvalue weighted by atomic mass is 9.99. The Morgan fingerprint density at radius 2 is 1.89 bits per heavy atom. The first-order valence-corrected chi connectivity index (χ1v) is 11.2. The molecular weight excluding hydrogens is 385 g/mol. The fraction of sp³-hybridized carbons (Fsp3) is 0.632. The minimum Gasteiger partial charge on any atom is -0.379 e. The summed E-state index contributed by atoms with van der Waals surface area (Å²) in [7, 11) is -3.72. The number of hydrogen-bond donors (Lipinski definition) is 1. The number of amides is 1. The monoisotopic (exact) mass is 413 g/mol. The number of piperidine rings is 1. The highest BCUT2D eigenvalue weighted by Crippen LogP contribution is 2.24. The number of hydrogen-bond acceptors (Lipinski definition) is 5. The fourth-order valence-corrected chi connectivity index (χ4v) is 5.14. The van der Waals surface area contributed by atoms with Gasteiger partial charge in [0.2, 0.25) is 15.9 Å². The van der Waals surface area contributed by atoms with E-state index in [0.717, 1.165) is 51.4 Å². The van der Waals surface area contributed by atoms with Crippen molar-refractivity contribution in [1.82, 2.24) is 14.5 Å². The van der Waals surface area contributed by atoms with E-state index in [1.54, 1.807) is 0 Å². The van der Waals surface area contributed by atoms with E-state index in [2.05, 4.69) is 10.2 Å². The molecule has 0 aromatic heterocycles. The second-order valence-corrected chi connectivity index (χ2v) is 9.19. The van der Waals surface area contributed by atoms with Crippen molar-refractivity contribution in [3.8, 4) is 0 Å². The highest BCUT2D eigenvalue weighted by atomic mass is 32.2. The van der Waals surface area contributed by atoms with Crippen molar-refractivity contribution in [1.29, 1.82) is 0 Å². The van der Waals surface area contributed by atoms with Gasteiger partial charge in [0.05, 0.1) is 24.0 Å². The third-order valence-electron chi connectivity index (χ3n) is 5.26. The molecule has 2 saturated heterocycles. The quantitative estimate of drug-likeness (QED) is 0.677. The van der Waals surface area contributed by atoms with Crippen LogP contribution in [0.3, 0.4) is 0 Å². The van der Waals surface area contributed by atoms with Gasteiger partial charge in [0.1, 0.15) is 5.82 Å². The van der Waals surface area contributed by atoms with E-state index in [4.69, 9.17) is 4.74 Å². The summed E-state index contributed by atoms with van der Waals surface area (Å²) in [4.78, 5) is 14.9. The van der Waals surface area contributed by atoms with Gasteiger partial charge in [-0.1, -0.05) is 0 Å². The van der Waals surface area contributed by atoms with Crippen LogP contribution in [0.4, 0.5) is 4.39 Å². The Balaban J connectivity index is 1.48. The predicted octanol–water partition coefficient (Wildman–Crippen LogP) is 1.06. The molecule has 0 spiro atoms. The van der Waals surface area contributed by atoms with E-state index in [1.807, 2.05) is 0 Å². The summed E-state index contributed by atoms with van der Waals surface area (Å²) in [5.74, 6) is -0.930. The molecule has 28 heavy (non-hydrogen) atoms. The van der Waals surface area contributed by atoms with Gasteiger partial charge < -0.3 is 10.1 Å². The van der Waals surface area contributed by atoms with Crippen molar-refractivity contribution >= 4 is 15.9 Å². The van der Waals surface area contributed by atoms with Gasteiger partial charge in [-0.2, -0.15) is 4.31 Å². The maximum atomic E-state index is 13.1. The summed E-state index contributed by atoms with van der Waals surface area (Å²) >= 11 is 0. The molecule has 1 aromatic carbocycles. The number of carbonyl (C=O) groups excluding carboxylic acids is 1. The zero-order chi connectivity index (χ0) is 20.0. The van der Waals surface area contributed by atoms with Crippen LogP contribution in [-0.4, -0.2) is 76.0 Å². The standard InChI is InChI=1S/C19H28FN3O4S/c20-17-4-6-18(7-5-17)28(25,26)23-10-1-3-16(15-23)19(24)21-8-2-9-22-11-13-27-14-12-22/h4-7,16H,1-3,8-15H2,(H,21,24)/t16-/m1/s1.